The van der Waals surface area contributed by atoms with E-state index in [-0.39, 0.29) is 0 Å². The monoisotopic (exact) mass is 129 g/mol. The molecule has 54 valence electrons. The van der Waals surface area contributed by atoms with Gasteiger partial charge >= 0.3 is 0 Å². The fraction of sp³-hybridized carbons (Fsp3) is 1.00. The maximum atomic E-state index is 3.29. The van der Waals surface area contributed by atoms with Gasteiger partial charge in [-0.05, 0) is 14.1 Å². The van der Waals surface area contributed by atoms with Crippen LogP contribution in [0.5, 0.6) is 0 Å². The number of likely N-dealkylation sites (N-methyl/N-ethyl adjacent to an activating group) is 2. The molecule has 3 heteroatoms. The van der Waals surface area contributed by atoms with E-state index in [0.29, 0.717) is 6.04 Å². The van der Waals surface area contributed by atoms with Gasteiger partial charge in [-0.25, -0.2) is 0 Å². The molecule has 1 atom stereocenters. The molecule has 0 aromatic carbocycles. The summed E-state index contributed by atoms with van der Waals surface area (Å²) in [5.41, 5.74) is 0. The van der Waals surface area contributed by atoms with Crippen molar-refractivity contribution in [2.24, 2.45) is 0 Å². The molecule has 2 N–H and O–H groups in total. The first-order chi connectivity index (χ1) is 4.34. The van der Waals surface area contributed by atoms with Crippen molar-refractivity contribution in [1.29, 1.82) is 0 Å². The molecular formula is C6H15N3. The van der Waals surface area contributed by atoms with Crippen molar-refractivity contribution < 1.29 is 0 Å². The summed E-state index contributed by atoms with van der Waals surface area (Å²) in [4.78, 5) is 2.32. The Kier molecular flexibility index (Phi) is 2.45. The number of hydrogen-bond acceptors (Lipinski definition) is 3. The van der Waals surface area contributed by atoms with Gasteiger partial charge < -0.3 is 10.6 Å². The normalized spacial score (nSPS) is 29.3. The fourth-order valence-electron chi connectivity index (χ4n) is 1.16. The second-order valence-corrected chi connectivity index (χ2v) is 2.58. The number of hydrogen-bond donors (Lipinski definition) is 2. The average Bonchev–Trinajstić information content (AvgIpc) is 2.18. The van der Waals surface area contributed by atoms with Crippen LogP contribution < -0.4 is 10.6 Å². The Morgan fingerprint density at radius 3 is 3.00 bits per heavy atom. The molecule has 1 fully saturated rings. The maximum absolute atomic E-state index is 3.29. The second kappa shape index (κ2) is 3.15. The first-order valence-corrected chi connectivity index (χ1v) is 3.40. The molecule has 1 heterocycles. The van der Waals surface area contributed by atoms with Crippen LogP contribution in [-0.4, -0.2) is 44.8 Å². The van der Waals surface area contributed by atoms with Crippen LogP contribution in [0, 0.1) is 0 Å². The zero-order chi connectivity index (χ0) is 6.69. The van der Waals surface area contributed by atoms with Crippen LogP contribution in [0.2, 0.25) is 0 Å². The maximum Gasteiger partial charge on any atom is 0.0481 e. The van der Waals surface area contributed by atoms with Crippen molar-refractivity contribution >= 4 is 0 Å². The molecule has 0 radical (unpaired) electrons. The van der Waals surface area contributed by atoms with E-state index in [9.17, 15) is 0 Å². The van der Waals surface area contributed by atoms with E-state index >= 15 is 0 Å². The quantitative estimate of drug-likeness (QED) is 0.504. The van der Waals surface area contributed by atoms with Crippen molar-refractivity contribution in [2.75, 3.05) is 33.9 Å². The molecule has 0 saturated carbocycles. The molecule has 0 spiro atoms. The molecule has 1 rings (SSSR count). The molecule has 0 aromatic heterocycles. The third-order valence-corrected chi connectivity index (χ3v) is 1.80. The van der Waals surface area contributed by atoms with Gasteiger partial charge in [0, 0.05) is 25.8 Å². The molecule has 0 bridgehead atoms. The van der Waals surface area contributed by atoms with Gasteiger partial charge in [0.05, 0.1) is 0 Å². The van der Waals surface area contributed by atoms with E-state index < -0.39 is 0 Å². The third-order valence-electron chi connectivity index (χ3n) is 1.80. The highest BCUT2D eigenvalue weighted by Gasteiger charge is 2.18. The van der Waals surface area contributed by atoms with Crippen LogP contribution in [0.4, 0.5) is 0 Å². The Morgan fingerprint density at radius 2 is 2.56 bits per heavy atom. The second-order valence-electron chi connectivity index (χ2n) is 2.58. The van der Waals surface area contributed by atoms with Crippen LogP contribution in [0.25, 0.3) is 0 Å². The SMILES string of the molecule is CNCC1CNCN1C. The summed E-state index contributed by atoms with van der Waals surface area (Å²) < 4.78 is 0. The minimum absolute atomic E-state index is 0.690. The van der Waals surface area contributed by atoms with Gasteiger partial charge in [-0.1, -0.05) is 0 Å². The molecule has 0 amide bonds. The number of nitrogens with zero attached hydrogens (tertiary/aromatic N) is 1. The molecule has 1 unspecified atom stereocenters. The Morgan fingerprint density at radius 1 is 1.78 bits per heavy atom. The standard InChI is InChI=1S/C6H15N3/c1-7-3-6-4-8-5-9(6)2/h6-8H,3-5H2,1-2H3. The molecule has 0 aromatic rings. The van der Waals surface area contributed by atoms with Crippen LogP contribution in [-0.2, 0) is 0 Å². The molecule has 9 heavy (non-hydrogen) atoms. The summed E-state index contributed by atoms with van der Waals surface area (Å²) in [7, 11) is 4.13. The fourth-order valence-corrected chi connectivity index (χ4v) is 1.16. The van der Waals surface area contributed by atoms with Gasteiger partial charge in [-0.15, -0.1) is 0 Å². The predicted molar refractivity (Wildman–Crippen MR) is 38.3 cm³/mol. The number of rotatable bonds is 2. The van der Waals surface area contributed by atoms with Crippen molar-refractivity contribution in [2.45, 2.75) is 6.04 Å². The van der Waals surface area contributed by atoms with Crippen molar-refractivity contribution in [3.8, 4) is 0 Å². The van der Waals surface area contributed by atoms with Crippen LogP contribution in [0.3, 0.4) is 0 Å². The van der Waals surface area contributed by atoms with Gasteiger partial charge in [0.25, 0.3) is 0 Å². The Bertz CT molecular complexity index is 84.4. The van der Waals surface area contributed by atoms with E-state index in [0.717, 1.165) is 19.8 Å². The van der Waals surface area contributed by atoms with Gasteiger partial charge in [0.15, 0.2) is 0 Å². The summed E-state index contributed by atoms with van der Waals surface area (Å²) in [5, 5.41) is 6.45. The minimum Gasteiger partial charge on any atom is -0.318 e. The molecule has 3 nitrogen and oxygen atoms in total. The Balaban J connectivity index is 2.22. The minimum atomic E-state index is 0.690. The van der Waals surface area contributed by atoms with Crippen molar-refractivity contribution in [3.05, 3.63) is 0 Å². The van der Waals surface area contributed by atoms with Crippen LogP contribution in [0.15, 0.2) is 0 Å². The highest BCUT2D eigenvalue weighted by Crippen LogP contribution is 1.97. The van der Waals surface area contributed by atoms with Crippen molar-refractivity contribution in [3.63, 3.8) is 0 Å². The lowest BCUT2D eigenvalue weighted by Gasteiger charge is -2.16. The highest BCUT2D eigenvalue weighted by molar-refractivity contribution is 4.78. The first-order valence-electron chi connectivity index (χ1n) is 3.40. The lowest BCUT2D eigenvalue weighted by atomic mass is 10.3. The lowest BCUT2D eigenvalue weighted by molar-refractivity contribution is 0.311. The van der Waals surface area contributed by atoms with E-state index in [1.165, 1.54) is 0 Å². The largest absolute Gasteiger partial charge is 0.318 e. The van der Waals surface area contributed by atoms with Crippen molar-refractivity contribution in [1.82, 2.24) is 15.5 Å². The summed E-state index contributed by atoms with van der Waals surface area (Å²) in [6.45, 7) is 3.24. The summed E-state index contributed by atoms with van der Waals surface area (Å²) >= 11 is 0. The van der Waals surface area contributed by atoms with E-state index in [4.69, 9.17) is 0 Å². The van der Waals surface area contributed by atoms with Crippen LogP contribution >= 0.6 is 0 Å². The Hall–Kier alpha value is -0.120. The van der Waals surface area contributed by atoms with Crippen LogP contribution in [0.1, 0.15) is 0 Å². The topological polar surface area (TPSA) is 27.3 Å². The molecule has 1 aliphatic rings. The zero-order valence-electron chi connectivity index (χ0n) is 6.15. The smallest absolute Gasteiger partial charge is 0.0481 e. The lowest BCUT2D eigenvalue weighted by Crippen LogP contribution is -2.35. The molecule has 1 aliphatic heterocycles. The third kappa shape index (κ3) is 1.64. The molecule has 1 saturated heterocycles. The number of nitrogens with one attached hydrogen (secondary N) is 2. The summed E-state index contributed by atoms with van der Waals surface area (Å²) in [6, 6.07) is 0.690. The van der Waals surface area contributed by atoms with Gasteiger partial charge in [0.1, 0.15) is 0 Å². The summed E-state index contributed by atoms with van der Waals surface area (Å²) in [5.74, 6) is 0. The Labute approximate surface area is 56.4 Å². The molecule has 0 aliphatic carbocycles. The first kappa shape index (κ1) is 6.99. The average molecular weight is 129 g/mol. The van der Waals surface area contributed by atoms with E-state index in [1.807, 2.05) is 7.05 Å². The zero-order valence-corrected chi connectivity index (χ0v) is 6.15. The van der Waals surface area contributed by atoms with Gasteiger partial charge in [-0.3, -0.25) is 4.90 Å². The summed E-state index contributed by atoms with van der Waals surface area (Å²) in [6.07, 6.45) is 0. The van der Waals surface area contributed by atoms with Gasteiger partial charge in [-0.2, -0.15) is 0 Å². The predicted octanol–water partition coefficient (Wildman–Crippen LogP) is -0.933. The molecular weight excluding hydrogens is 114 g/mol. The van der Waals surface area contributed by atoms with E-state index in [2.05, 4.69) is 22.6 Å². The van der Waals surface area contributed by atoms with E-state index in [1.54, 1.807) is 0 Å². The van der Waals surface area contributed by atoms with Gasteiger partial charge in [0.2, 0.25) is 0 Å². The highest BCUT2D eigenvalue weighted by atomic mass is 15.3.